The first-order valence-electron chi connectivity index (χ1n) is 3.73. The highest BCUT2D eigenvalue weighted by atomic mass is 14.6. The van der Waals surface area contributed by atoms with Gasteiger partial charge in [-0.25, -0.2) is 0 Å². The van der Waals surface area contributed by atoms with Crippen LogP contribution in [0.4, 0.5) is 0 Å². The van der Waals surface area contributed by atoms with Crippen LogP contribution < -0.4 is 0 Å². The van der Waals surface area contributed by atoms with Gasteiger partial charge in [-0.2, -0.15) is 0 Å². The van der Waals surface area contributed by atoms with Crippen molar-refractivity contribution in [2.45, 2.75) is 6.42 Å². The molecule has 11 heavy (non-hydrogen) atoms. The number of pyridine rings is 1. The summed E-state index contributed by atoms with van der Waals surface area (Å²) in [6.07, 6.45) is 11.1. The molecule has 0 N–H and O–H groups in total. The van der Waals surface area contributed by atoms with Crippen LogP contribution in [0.3, 0.4) is 0 Å². The first kappa shape index (κ1) is 6.35. The lowest BCUT2D eigenvalue weighted by atomic mass is 10.1. The van der Waals surface area contributed by atoms with E-state index in [9.17, 15) is 0 Å². The Labute approximate surface area is 66.1 Å². The van der Waals surface area contributed by atoms with Crippen molar-refractivity contribution in [3.8, 4) is 0 Å². The number of rotatable bonds is 1. The van der Waals surface area contributed by atoms with E-state index in [2.05, 4.69) is 29.3 Å². The maximum Gasteiger partial charge on any atom is 0.0343 e. The van der Waals surface area contributed by atoms with E-state index in [-0.39, 0.29) is 0 Å². The van der Waals surface area contributed by atoms with Crippen molar-refractivity contribution < 1.29 is 0 Å². The van der Waals surface area contributed by atoms with Crippen LogP contribution in [-0.4, -0.2) is 4.98 Å². The molecule has 0 radical (unpaired) electrons. The Bertz CT molecular complexity index is 296. The van der Waals surface area contributed by atoms with E-state index in [1.807, 2.05) is 12.3 Å². The molecule has 1 aliphatic rings. The highest BCUT2D eigenvalue weighted by Crippen LogP contribution is 2.21. The summed E-state index contributed by atoms with van der Waals surface area (Å²) in [7, 11) is 0. The van der Waals surface area contributed by atoms with Crippen LogP contribution in [0.1, 0.15) is 12.0 Å². The molecule has 0 amide bonds. The Morgan fingerprint density at radius 3 is 3.00 bits per heavy atom. The van der Waals surface area contributed by atoms with Crippen LogP contribution in [-0.2, 0) is 0 Å². The Kier molecular flexibility index (Phi) is 1.56. The van der Waals surface area contributed by atoms with Gasteiger partial charge < -0.3 is 0 Å². The van der Waals surface area contributed by atoms with Crippen molar-refractivity contribution in [2.24, 2.45) is 0 Å². The molecule has 54 valence electrons. The third kappa shape index (κ3) is 1.22. The predicted octanol–water partition coefficient (Wildman–Crippen LogP) is 2.42. The van der Waals surface area contributed by atoms with Gasteiger partial charge in [0, 0.05) is 12.4 Å². The Hall–Kier alpha value is -1.37. The second-order valence-corrected chi connectivity index (χ2v) is 2.57. The first-order chi connectivity index (χ1) is 5.47. The van der Waals surface area contributed by atoms with E-state index in [1.165, 1.54) is 11.1 Å². The highest BCUT2D eigenvalue weighted by Gasteiger charge is 2.00. The monoisotopic (exact) mass is 143 g/mol. The summed E-state index contributed by atoms with van der Waals surface area (Å²) in [6.45, 7) is 0. The van der Waals surface area contributed by atoms with Crippen molar-refractivity contribution >= 4 is 5.57 Å². The molecule has 0 saturated carbocycles. The lowest BCUT2D eigenvalue weighted by Crippen LogP contribution is -1.80. The molecular weight excluding hydrogens is 134 g/mol. The number of hydrogen-bond acceptors (Lipinski definition) is 1. The van der Waals surface area contributed by atoms with Crippen LogP contribution in [0.15, 0.2) is 42.8 Å². The third-order valence-electron chi connectivity index (χ3n) is 1.80. The summed E-state index contributed by atoms with van der Waals surface area (Å²) in [4.78, 5) is 4.06. The molecule has 1 nitrogen and oxygen atoms in total. The molecular formula is C10H9N. The quantitative estimate of drug-likeness (QED) is 0.588. The smallest absolute Gasteiger partial charge is 0.0343 e. The molecule has 2 rings (SSSR count). The summed E-state index contributed by atoms with van der Waals surface area (Å²) < 4.78 is 0. The van der Waals surface area contributed by atoms with Crippen molar-refractivity contribution in [2.75, 3.05) is 0 Å². The van der Waals surface area contributed by atoms with Crippen LogP contribution in [0, 0.1) is 0 Å². The van der Waals surface area contributed by atoms with E-state index in [0.29, 0.717) is 0 Å². The number of allylic oxidation sites excluding steroid dienone is 4. The van der Waals surface area contributed by atoms with E-state index < -0.39 is 0 Å². The largest absolute Gasteiger partial charge is 0.264 e. The van der Waals surface area contributed by atoms with Crippen molar-refractivity contribution in [1.29, 1.82) is 0 Å². The Morgan fingerprint density at radius 2 is 2.36 bits per heavy atom. The van der Waals surface area contributed by atoms with Gasteiger partial charge in [-0.05, 0) is 23.6 Å². The van der Waals surface area contributed by atoms with Gasteiger partial charge >= 0.3 is 0 Å². The molecule has 1 aliphatic carbocycles. The highest BCUT2D eigenvalue weighted by molar-refractivity contribution is 5.69. The maximum atomic E-state index is 4.06. The summed E-state index contributed by atoms with van der Waals surface area (Å²) >= 11 is 0. The lowest BCUT2D eigenvalue weighted by Gasteiger charge is -1.98. The second-order valence-electron chi connectivity index (χ2n) is 2.57. The topological polar surface area (TPSA) is 12.9 Å². The molecule has 1 aromatic rings. The van der Waals surface area contributed by atoms with Crippen molar-refractivity contribution in [3.05, 3.63) is 48.3 Å². The van der Waals surface area contributed by atoms with Crippen LogP contribution in [0.2, 0.25) is 0 Å². The second kappa shape index (κ2) is 2.70. The molecule has 1 heterocycles. The average Bonchev–Trinajstić information content (AvgIpc) is 2.58. The molecule has 0 bridgehead atoms. The van der Waals surface area contributed by atoms with E-state index in [1.54, 1.807) is 6.20 Å². The number of aromatic nitrogens is 1. The summed E-state index contributed by atoms with van der Waals surface area (Å²) in [6, 6.07) is 4.06. The van der Waals surface area contributed by atoms with E-state index >= 15 is 0 Å². The summed E-state index contributed by atoms with van der Waals surface area (Å²) in [5.41, 5.74) is 2.59. The van der Waals surface area contributed by atoms with Crippen molar-refractivity contribution in [1.82, 2.24) is 4.98 Å². The fourth-order valence-corrected chi connectivity index (χ4v) is 1.21. The maximum absolute atomic E-state index is 4.06. The zero-order valence-electron chi connectivity index (χ0n) is 6.20. The van der Waals surface area contributed by atoms with Crippen LogP contribution in [0.5, 0.6) is 0 Å². The minimum atomic E-state index is 1.05. The molecule has 0 aliphatic heterocycles. The van der Waals surface area contributed by atoms with Gasteiger partial charge in [0.1, 0.15) is 0 Å². The third-order valence-corrected chi connectivity index (χ3v) is 1.80. The summed E-state index contributed by atoms with van der Waals surface area (Å²) in [5.74, 6) is 0. The van der Waals surface area contributed by atoms with Crippen LogP contribution in [0.25, 0.3) is 5.57 Å². The molecule has 0 aromatic carbocycles. The van der Waals surface area contributed by atoms with Gasteiger partial charge in [0.15, 0.2) is 0 Å². The fourth-order valence-electron chi connectivity index (χ4n) is 1.21. The van der Waals surface area contributed by atoms with Gasteiger partial charge in [-0.3, -0.25) is 4.98 Å². The van der Waals surface area contributed by atoms with Crippen molar-refractivity contribution in [3.63, 3.8) is 0 Å². The number of hydrogen-bond donors (Lipinski definition) is 0. The predicted molar refractivity (Wildman–Crippen MR) is 46.0 cm³/mol. The molecule has 1 aromatic heterocycles. The minimum absolute atomic E-state index is 1.05. The zero-order valence-corrected chi connectivity index (χ0v) is 6.20. The fraction of sp³-hybridized carbons (Fsp3) is 0.100. The van der Waals surface area contributed by atoms with Gasteiger partial charge in [0.25, 0.3) is 0 Å². The van der Waals surface area contributed by atoms with E-state index in [4.69, 9.17) is 0 Å². The first-order valence-corrected chi connectivity index (χ1v) is 3.73. The molecule has 1 heteroatoms. The SMILES string of the molecule is C1=CCC(c2cccnc2)=C1. The molecule has 0 atom stereocenters. The number of nitrogens with zero attached hydrogens (tertiary/aromatic N) is 1. The molecule has 0 unspecified atom stereocenters. The zero-order chi connectivity index (χ0) is 7.52. The average molecular weight is 143 g/mol. The van der Waals surface area contributed by atoms with Gasteiger partial charge in [-0.1, -0.05) is 24.3 Å². The molecule has 0 fully saturated rings. The van der Waals surface area contributed by atoms with Gasteiger partial charge in [0.2, 0.25) is 0 Å². The normalized spacial score (nSPS) is 15.1. The van der Waals surface area contributed by atoms with Gasteiger partial charge in [0.05, 0.1) is 0 Å². The summed E-state index contributed by atoms with van der Waals surface area (Å²) in [5, 5.41) is 0. The molecule has 0 saturated heterocycles. The Morgan fingerprint density at radius 1 is 1.36 bits per heavy atom. The van der Waals surface area contributed by atoms with Crippen LogP contribution >= 0.6 is 0 Å². The standard InChI is InChI=1S/C10H9N/c1-2-5-9(4-1)10-6-3-7-11-8-10/h1-4,6-8H,5H2. The minimum Gasteiger partial charge on any atom is -0.264 e. The van der Waals surface area contributed by atoms with E-state index in [0.717, 1.165) is 6.42 Å². The molecule has 0 spiro atoms. The van der Waals surface area contributed by atoms with Gasteiger partial charge in [-0.15, -0.1) is 0 Å². The lowest BCUT2D eigenvalue weighted by molar-refractivity contribution is 1.29. The Balaban J connectivity index is 2.31.